The molecule has 0 amide bonds. The fraction of sp³-hybridized carbons (Fsp3) is 0.500. The standard InChI is InChI=1S/C12H18ClNO/c1-9-5-6-11(13)12(8-9)15-10(2)4-3-7-14/h5-6,8,10H,3-4,7,14H2,1-2H3. The molecule has 1 aromatic carbocycles. The number of ether oxygens (including phenoxy) is 1. The van der Waals surface area contributed by atoms with Gasteiger partial charge < -0.3 is 10.5 Å². The van der Waals surface area contributed by atoms with Gasteiger partial charge in [0.05, 0.1) is 11.1 Å². The van der Waals surface area contributed by atoms with E-state index in [0.717, 1.165) is 24.2 Å². The van der Waals surface area contributed by atoms with Crippen molar-refractivity contribution in [1.82, 2.24) is 0 Å². The zero-order valence-corrected chi connectivity index (χ0v) is 10.1. The van der Waals surface area contributed by atoms with E-state index in [1.165, 1.54) is 0 Å². The first-order valence-electron chi connectivity index (χ1n) is 5.26. The van der Waals surface area contributed by atoms with Gasteiger partial charge in [-0.05, 0) is 50.9 Å². The molecule has 0 aromatic heterocycles. The van der Waals surface area contributed by atoms with Gasteiger partial charge in [0.25, 0.3) is 0 Å². The lowest BCUT2D eigenvalue weighted by Crippen LogP contribution is -2.14. The summed E-state index contributed by atoms with van der Waals surface area (Å²) in [6, 6.07) is 5.79. The molecule has 0 aliphatic rings. The average Bonchev–Trinajstić information content (AvgIpc) is 2.20. The molecule has 2 nitrogen and oxygen atoms in total. The quantitative estimate of drug-likeness (QED) is 0.839. The number of hydrogen-bond donors (Lipinski definition) is 1. The second kappa shape index (κ2) is 5.99. The van der Waals surface area contributed by atoms with Crippen LogP contribution in [-0.2, 0) is 0 Å². The topological polar surface area (TPSA) is 35.2 Å². The number of halogens is 1. The lowest BCUT2D eigenvalue weighted by molar-refractivity contribution is 0.209. The molecule has 1 unspecified atom stereocenters. The fourth-order valence-electron chi connectivity index (χ4n) is 1.38. The van der Waals surface area contributed by atoms with Gasteiger partial charge in [-0.25, -0.2) is 0 Å². The first-order valence-corrected chi connectivity index (χ1v) is 5.64. The minimum atomic E-state index is 0.160. The van der Waals surface area contributed by atoms with E-state index in [2.05, 4.69) is 0 Å². The van der Waals surface area contributed by atoms with Crippen molar-refractivity contribution in [2.75, 3.05) is 6.54 Å². The Morgan fingerprint density at radius 1 is 1.47 bits per heavy atom. The average molecular weight is 228 g/mol. The summed E-state index contributed by atoms with van der Waals surface area (Å²) >= 11 is 6.02. The maximum Gasteiger partial charge on any atom is 0.138 e. The third kappa shape index (κ3) is 4.10. The first-order chi connectivity index (χ1) is 7.13. The molecule has 1 rings (SSSR count). The Balaban J connectivity index is 2.59. The Labute approximate surface area is 96.4 Å². The number of benzene rings is 1. The maximum absolute atomic E-state index is 6.02. The van der Waals surface area contributed by atoms with Crippen LogP contribution in [0.25, 0.3) is 0 Å². The molecule has 0 bridgehead atoms. The van der Waals surface area contributed by atoms with E-state index in [1.54, 1.807) is 0 Å². The molecular weight excluding hydrogens is 210 g/mol. The summed E-state index contributed by atoms with van der Waals surface area (Å²) in [5.41, 5.74) is 6.60. The van der Waals surface area contributed by atoms with Crippen molar-refractivity contribution in [2.24, 2.45) is 5.73 Å². The lowest BCUT2D eigenvalue weighted by Gasteiger charge is -2.15. The number of hydrogen-bond acceptors (Lipinski definition) is 2. The van der Waals surface area contributed by atoms with Gasteiger partial charge in [0.1, 0.15) is 5.75 Å². The third-order valence-electron chi connectivity index (χ3n) is 2.23. The minimum absolute atomic E-state index is 0.160. The minimum Gasteiger partial charge on any atom is -0.489 e. The number of aryl methyl sites for hydroxylation is 1. The largest absolute Gasteiger partial charge is 0.489 e. The molecule has 0 saturated heterocycles. The molecule has 0 heterocycles. The van der Waals surface area contributed by atoms with Crippen molar-refractivity contribution in [3.63, 3.8) is 0 Å². The van der Waals surface area contributed by atoms with Gasteiger partial charge in [-0.15, -0.1) is 0 Å². The molecule has 1 aromatic rings. The normalized spacial score (nSPS) is 12.5. The van der Waals surface area contributed by atoms with Crippen LogP contribution in [0.5, 0.6) is 5.75 Å². The second-order valence-electron chi connectivity index (χ2n) is 3.79. The molecule has 0 saturated carbocycles. The van der Waals surface area contributed by atoms with Crippen LogP contribution >= 0.6 is 11.6 Å². The Hall–Kier alpha value is -0.730. The predicted octanol–water partition coefficient (Wildman–Crippen LogP) is 3.15. The van der Waals surface area contributed by atoms with Gasteiger partial charge in [0.2, 0.25) is 0 Å². The molecule has 2 N–H and O–H groups in total. The van der Waals surface area contributed by atoms with Crippen LogP contribution in [0, 0.1) is 6.92 Å². The van der Waals surface area contributed by atoms with Crippen molar-refractivity contribution in [1.29, 1.82) is 0 Å². The summed E-state index contributed by atoms with van der Waals surface area (Å²) in [6.45, 7) is 4.76. The molecule has 0 fully saturated rings. The summed E-state index contributed by atoms with van der Waals surface area (Å²) in [4.78, 5) is 0. The number of nitrogens with two attached hydrogens (primary N) is 1. The molecule has 1 atom stereocenters. The van der Waals surface area contributed by atoms with Crippen LogP contribution in [0.2, 0.25) is 5.02 Å². The van der Waals surface area contributed by atoms with E-state index in [4.69, 9.17) is 22.1 Å². The summed E-state index contributed by atoms with van der Waals surface area (Å²) in [5.74, 6) is 0.765. The molecule has 3 heteroatoms. The molecule has 0 radical (unpaired) electrons. The Kier molecular flexibility index (Phi) is 4.92. The van der Waals surface area contributed by atoms with Crippen LogP contribution in [0.4, 0.5) is 0 Å². The van der Waals surface area contributed by atoms with Crippen molar-refractivity contribution >= 4 is 11.6 Å². The molecule has 84 valence electrons. The van der Waals surface area contributed by atoms with E-state index < -0.39 is 0 Å². The molecule has 15 heavy (non-hydrogen) atoms. The van der Waals surface area contributed by atoms with Gasteiger partial charge in [-0.3, -0.25) is 0 Å². The SMILES string of the molecule is Cc1ccc(Cl)c(OC(C)CCCN)c1. The maximum atomic E-state index is 6.02. The Morgan fingerprint density at radius 2 is 2.20 bits per heavy atom. The van der Waals surface area contributed by atoms with E-state index in [9.17, 15) is 0 Å². The van der Waals surface area contributed by atoms with Gasteiger partial charge in [-0.2, -0.15) is 0 Å². The van der Waals surface area contributed by atoms with Crippen molar-refractivity contribution in [3.8, 4) is 5.75 Å². The van der Waals surface area contributed by atoms with E-state index in [1.807, 2.05) is 32.0 Å². The van der Waals surface area contributed by atoms with Crippen LogP contribution < -0.4 is 10.5 Å². The summed E-state index contributed by atoms with van der Waals surface area (Å²) in [6.07, 6.45) is 2.10. The van der Waals surface area contributed by atoms with Gasteiger partial charge in [0.15, 0.2) is 0 Å². The zero-order valence-electron chi connectivity index (χ0n) is 9.29. The Morgan fingerprint density at radius 3 is 2.87 bits per heavy atom. The van der Waals surface area contributed by atoms with Crippen LogP contribution in [-0.4, -0.2) is 12.6 Å². The first kappa shape index (κ1) is 12.3. The van der Waals surface area contributed by atoms with Crippen LogP contribution in [0.1, 0.15) is 25.3 Å². The molecule has 0 aliphatic carbocycles. The molecule has 0 spiro atoms. The smallest absolute Gasteiger partial charge is 0.138 e. The van der Waals surface area contributed by atoms with Gasteiger partial charge in [0, 0.05) is 0 Å². The molecule has 0 aliphatic heterocycles. The number of rotatable bonds is 5. The van der Waals surface area contributed by atoms with Crippen molar-refractivity contribution in [3.05, 3.63) is 28.8 Å². The summed E-state index contributed by atoms with van der Waals surface area (Å²) < 4.78 is 5.74. The Bertz CT molecular complexity index is 314. The second-order valence-corrected chi connectivity index (χ2v) is 4.20. The van der Waals surface area contributed by atoms with E-state index >= 15 is 0 Å². The predicted molar refractivity (Wildman–Crippen MR) is 64.6 cm³/mol. The highest BCUT2D eigenvalue weighted by atomic mass is 35.5. The van der Waals surface area contributed by atoms with Crippen molar-refractivity contribution in [2.45, 2.75) is 32.8 Å². The third-order valence-corrected chi connectivity index (χ3v) is 2.54. The lowest BCUT2D eigenvalue weighted by atomic mass is 10.2. The fourth-order valence-corrected chi connectivity index (χ4v) is 1.54. The van der Waals surface area contributed by atoms with Gasteiger partial charge >= 0.3 is 0 Å². The summed E-state index contributed by atoms with van der Waals surface area (Å²) in [7, 11) is 0. The van der Waals surface area contributed by atoms with Crippen LogP contribution in [0.3, 0.4) is 0 Å². The van der Waals surface area contributed by atoms with E-state index in [0.29, 0.717) is 11.6 Å². The van der Waals surface area contributed by atoms with Crippen LogP contribution in [0.15, 0.2) is 18.2 Å². The van der Waals surface area contributed by atoms with E-state index in [-0.39, 0.29) is 6.10 Å². The zero-order chi connectivity index (χ0) is 11.3. The summed E-state index contributed by atoms with van der Waals surface area (Å²) in [5, 5.41) is 0.667. The van der Waals surface area contributed by atoms with Gasteiger partial charge in [-0.1, -0.05) is 17.7 Å². The highest BCUT2D eigenvalue weighted by Gasteiger charge is 2.07. The monoisotopic (exact) mass is 227 g/mol. The van der Waals surface area contributed by atoms with Crippen molar-refractivity contribution < 1.29 is 4.74 Å². The highest BCUT2D eigenvalue weighted by molar-refractivity contribution is 6.32. The molecular formula is C12H18ClNO. The highest BCUT2D eigenvalue weighted by Crippen LogP contribution is 2.26.